The molecule has 4 rings (SSSR count). The van der Waals surface area contributed by atoms with E-state index in [1.807, 2.05) is 38.3 Å². The topological polar surface area (TPSA) is 107 Å². The highest BCUT2D eigenvalue weighted by Crippen LogP contribution is 2.33. The van der Waals surface area contributed by atoms with Crippen molar-refractivity contribution in [1.29, 1.82) is 0 Å². The van der Waals surface area contributed by atoms with Crippen LogP contribution in [0.25, 0.3) is 11.4 Å². The minimum Gasteiger partial charge on any atom is -0.491 e. The Balaban J connectivity index is 1.67. The Hall–Kier alpha value is -3.13. The zero-order valence-electron chi connectivity index (χ0n) is 19.2. The highest BCUT2D eigenvalue weighted by atomic mass is 16.5. The van der Waals surface area contributed by atoms with Crippen LogP contribution < -0.4 is 16.2 Å². The molecule has 32 heavy (non-hydrogen) atoms. The van der Waals surface area contributed by atoms with Crippen molar-refractivity contribution in [2.75, 3.05) is 26.7 Å². The second kappa shape index (κ2) is 9.56. The lowest BCUT2D eigenvalue weighted by Gasteiger charge is -2.27. The van der Waals surface area contributed by atoms with Gasteiger partial charge in [-0.1, -0.05) is 6.07 Å². The predicted molar refractivity (Wildman–Crippen MR) is 129 cm³/mol. The van der Waals surface area contributed by atoms with Crippen molar-refractivity contribution in [3.05, 3.63) is 47.9 Å². The molecule has 0 radical (unpaired) electrons. The number of benzene rings is 1. The number of likely N-dealkylation sites (tertiary alicyclic amines) is 1. The predicted octanol–water partition coefficient (Wildman–Crippen LogP) is 2.41. The molecule has 1 aromatic heterocycles. The Morgan fingerprint density at radius 1 is 1.25 bits per heavy atom. The van der Waals surface area contributed by atoms with E-state index in [-0.39, 0.29) is 6.04 Å². The molecule has 2 aliphatic rings. The smallest absolute Gasteiger partial charge is 0.146 e. The number of hydrogen-bond donors (Lipinski definition) is 2. The number of imidazole rings is 1. The molecule has 8 nitrogen and oxygen atoms in total. The van der Waals surface area contributed by atoms with Gasteiger partial charge in [-0.25, -0.2) is 4.98 Å². The lowest BCUT2D eigenvalue weighted by molar-refractivity contribution is 0.257. The van der Waals surface area contributed by atoms with Crippen molar-refractivity contribution in [2.24, 2.45) is 21.5 Å². The first-order valence-electron chi connectivity index (χ1n) is 11.3. The van der Waals surface area contributed by atoms with Gasteiger partial charge in [-0.2, -0.15) is 0 Å². The van der Waals surface area contributed by atoms with E-state index in [1.54, 1.807) is 6.20 Å². The zero-order valence-corrected chi connectivity index (χ0v) is 19.2. The Morgan fingerprint density at radius 2 is 2.03 bits per heavy atom. The first-order chi connectivity index (χ1) is 15.4. The number of piperidine rings is 1. The molecule has 0 saturated carbocycles. The maximum Gasteiger partial charge on any atom is 0.146 e. The molecular weight excluding hydrogens is 402 g/mol. The van der Waals surface area contributed by atoms with Gasteiger partial charge in [0.15, 0.2) is 0 Å². The lowest BCUT2D eigenvalue weighted by Crippen LogP contribution is -2.32. The second-order valence-corrected chi connectivity index (χ2v) is 8.72. The summed E-state index contributed by atoms with van der Waals surface area (Å²) in [5, 5.41) is 0. The van der Waals surface area contributed by atoms with E-state index in [0.29, 0.717) is 30.7 Å². The molecule has 4 N–H and O–H groups in total. The van der Waals surface area contributed by atoms with Crippen LogP contribution in [0.2, 0.25) is 0 Å². The summed E-state index contributed by atoms with van der Waals surface area (Å²) in [6, 6.07) is 6.57. The third-order valence-corrected chi connectivity index (χ3v) is 5.81. The van der Waals surface area contributed by atoms with E-state index in [1.165, 1.54) is 0 Å². The largest absolute Gasteiger partial charge is 0.491 e. The number of nitrogens with two attached hydrogens (primary N) is 2. The monoisotopic (exact) mass is 435 g/mol. The van der Waals surface area contributed by atoms with Crippen LogP contribution in [0.15, 0.2) is 46.7 Å². The quantitative estimate of drug-likeness (QED) is 0.554. The van der Waals surface area contributed by atoms with Gasteiger partial charge >= 0.3 is 0 Å². The van der Waals surface area contributed by atoms with Crippen LogP contribution in [-0.4, -0.2) is 64.8 Å². The molecule has 0 amide bonds. The number of ether oxygens (including phenoxy) is 1. The average Bonchev–Trinajstić information content (AvgIpc) is 3.11. The van der Waals surface area contributed by atoms with E-state index in [0.717, 1.165) is 54.3 Å². The third-order valence-electron chi connectivity index (χ3n) is 5.81. The van der Waals surface area contributed by atoms with E-state index >= 15 is 0 Å². The van der Waals surface area contributed by atoms with Gasteiger partial charge in [-0.05, 0) is 71.2 Å². The van der Waals surface area contributed by atoms with Crippen LogP contribution >= 0.6 is 0 Å². The molecule has 3 heterocycles. The van der Waals surface area contributed by atoms with Gasteiger partial charge in [0.2, 0.25) is 0 Å². The van der Waals surface area contributed by atoms with E-state index < -0.39 is 0 Å². The minimum absolute atomic E-state index is 0.118. The first-order valence-corrected chi connectivity index (χ1v) is 11.3. The summed E-state index contributed by atoms with van der Waals surface area (Å²) < 4.78 is 8.17. The van der Waals surface area contributed by atoms with Crippen LogP contribution in [0, 0.1) is 0 Å². The molecule has 0 unspecified atom stereocenters. The zero-order chi connectivity index (χ0) is 22.7. The molecule has 1 aromatic carbocycles. The van der Waals surface area contributed by atoms with E-state index in [2.05, 4.69) is 27.6 Å². The minimum atomic E-state index is 0.118. The summed E-state index contributed by atoms with van der Waals surface area (Å²) in [4.78, 5) is 16.6. The number of amidine groups is 1. The van der Waals surface area contributed by atoms with Gasteiger partial charge in [0.25, 0.3) is 0 Å². The number of rotatable bonds is 5. The summed E-state index contributed by atoms with van der Waals surface area (Å²) >= 11 is 0. The number of aliphatic imine (C=N–C) groups is 2. The van der Waals surface area contributed by atoms with Crippen LogP contribution in [-0.2, 0) is 6.54 Å². The molecule has 2 aromatic rings. The number of aromatic nitrogens is 2. The molecule has 2 aliphatic heterocycles. The normalized spacial score (nSPS) is 18.5. The Morgan fingerprint density at radius 3 is 2.75 bits per heavy atom. The van der Waals surface area contributed by atoms with E-state index in [9.17, 15) is 0 Å². The summed E-state index contributed by atoms with van der Waals surface area (Å²) in [5.41, 5.74) is 15.4. The Labute approximate surface area is 189 Å². The standard InChI is InChI=1S/C24H33N7O/c1-16(2)27-23(26)21-15-31-12-13-32-22-14-17(4-5-19(22)24(31)29-21)20(6-9-25)28-18-7-10-30(3)11-8-18/h4-6,9,14-16,18H,7-8,10-13,25H2,1-3H3,(H2,26,27). The second-order valence-electron chi connectivity index (χ2n) is 8.72. The van der Waals surface area contributed by atoms with Gasteiger partial charge in [0.1, 0.15) is 29.7 Å². The fourth-order valence-electron chi connectivity index (χ4n) is 4.13. The lowest BCUT2D eigenvalue weighted by atomic mass is 10.0. The van der Waals surface area contributed by atoms with Gasteiger partial charge in [-0.3, -0.25) is 9.98 Å². The number of nitrogens with zero attached hydrogens (tertiary/aromatic N) is 5. The first kappa shape index (κ1) is 22.1. The molecule has 0 atom stereocenters. The number of fused-ring (bicyclic) bond motifs is 3. The van der Waals surface area contributed by atoms with Crippen molar-refractivity contribution in [1.82, 2.24) is 14.5 Å². The van der Waals surface area contributed by atoms with Gasteiger partial charge in [0.05, 0.1) is 23.9 Å². The summed E-state index contributed by atoms with van der Waals surface area (Å²) in [5.74, 6) is 2.09. The van der Waals surface area contributed by atoms with Crippen molar-refractivity contribution in [3.63, 3.8) is 0 Å². The van der Waals surface area contributed by atoms with Crippen molar-refractivity contribution in [3.8, 4) is 17.1 Å². The van der Waals surface area contributed by atoms with Crippen LogP contribution in [0.1, 0.15) is 37.9 Å². The molecule has 8 heteroatoms. The maximum absolute atomic E-state index is 6.17. The molecule has 170 valence electrons. The van der Waals surface area contributed by atoms with Crippen LogP contribution in [0.3, 0.4) is 0 Å². The van der Waals surface area contributed by atoms with Gasteiger partial charge in [0, 0.05) is 17.8 Å². The molecule has 0 spiro atoms. The number of hydrogen-bond acceptors (Lipinski definition) is 6. The molecule has 1 fully saturated rings. The fourth-order valence-corrected chi connectivity index (χ4v) is 4.13. The summed E-state index contributed by atoms with van der Waals surface area (Å²) in [6.45, 7) is 7.37. The number of allylic oxidation sites excluding steroid dienone is 1. The van der Waals surface area contributed by atoms with Gasteiger partial charge < -0.3 is 25.7 Å². The summed E-state index contributed by atoms with van der Waals surface area (Å²) in [6.07, 6.45) is 7.49. The van der Waals surface area contributed by atoms with Crippen molar-refractivity contribution < 1.29 is 4.74 Å². The molecule has 0 bridgehead atoms. The molecular formula is C24H33N7O. The molecule has 1 saturated heterocycles. The molecule has 0 aliphatic carbocycles. The van der Waals surface area contributed by atoms with Crippen molar-refractivity contribution >= 4 is 11.5 Å². The Bertz CT molecular complexity index is 1040. The van der Waals surface area contributed by atoms with E-state index in [4.69, 9.17) is 26.2 Å². The Kier molecular flexibility index (Phi) is 6.60. The van der Waals surface area contributed by atoms with Crippen molar-refractivity contribution in [2.45, 2.75) is 45.3 Å². The fraction of sp³-hybridized carbons (Fsp3) is 0.458. The highest BCUT2D eigenvalue weighted by molar-refractivity contribution is 6.09. The maximum atomic E-state index is 6.17. The highest BCUT2D eigenvalue weighted by Gasteiger charge is 2.21. The van der Waals surface area contributed by atoms with Gasteiger partial charge in [-0.15, -0.1) is 0 Å². The van der Waals surface area contributed by atoms with Crippen LogP contribution in [0.4, 0.5) is 0 Å². The average molecular weight is 436 g/mol. The summed E-state index contributed by atoms with van der Waals surface area (Å²) in [7, 11) is 2.15. The third kappa shape index (κ3) is 4.85. The SMILES string of the molecule is CC(C)N=C(N)c1cn2c(n1)-c1ccc(C(C=CN)=NC3CCN(C)CC3)cc1OCC2. The van der Waals surface area contributed by atoms with Crippen LogP contribution in [0.5, 0.6) is 5.75 Å².